The van der Waals surface area contributed by atoms with Crippen molar-refractivity contribution in [3.05, 3.63) is 41.2 Å². The number of fused-ring (bicyclic) bond motifs is 2. The third kappa shape index (κ3) is 2.54. The highest BCUT2D eigenvalue weighted by molar-refractivity contribution is 5.43. The molecule has 128 valence electrons. The predicted octanol–water partition coefficient (Wildman–Crippen LogP) is 2.10. The van der Waals surface area contributed by atoms with E-state index in [1.165, 1.54) is 17.7 Å². The van der Waals surface area contributed by atoms with Gasteiger partial charge in [-0.05, 0) is 56.7 Å². The zero-order valence-electron chi connectivity index (χ0n) is 14.4. The van der Waals surface area contributed by atoms with Gasteiger partial charge in [-0.3, -0.25) is 0 Å². The standard InChI is InChI=1S/C18H21N7/c1-12-19-8-5-16(20-12)24-9-6-13(7-10-24)18-22-21-17-11-14-3-2-4-15(14)23-25(17)18/h5,8,11,13H,2-4,6-7,9-10H2,1H3. The molecule has 7 heteroatoms. The molecule has 7 nitrogen and oxygen atoms in total. The molecule has 2 aliphatic rings. The number of aryl methyl sites for hydroxylation is 3. The second-order valence-electron chi connectivity index (χ2n) is 7.02. The van der Waals surface area contributed by atoms with Gasteiger partial charge in [0.25, 0.3) is 0 Å². The highest BCUT2D eigenvalue weighted by Gasteiger charge is 2.26. The molecule has 0 aromatic carbocycles. The lowest BCUT2D eigenvalue weighted by Crippen LogP contribution is -2.34. The summed E-state index contributed by atoms with van der Waals surface area (Å²) in [7, 11) is 0. The van der Waals surface area contributed by atoms with Crippen LogP contribution in [-0.4, -0.2) is 42.9 Å². The van der Waals surface area contributed by atoms with Crippen molar-refractivity contribution in [3.8, 4) is 0 Å². The van der Waals surface area contributed by atoms with Crippen LogP contribution in [0.5, 0.6) is 0 Å². The predicted molar refractivity (Wildman–Crippen MR) is 93.8 cm³/mol. The monoisotopic (exact) mass is 335 g/mol. The largest absolute Gasteiger partial charge is 0.356 e. The summed E-state index contributed by atoms with van der Waals surface area (Å²) in [5.41, 5.74) is 3.47. The van der Waals surface area contributed by atoms with Crippen LogP contribution in [0.3, 0.4) is 0 Å². The lowest BCUT2D eigenvalue weighted by atomic mass is 9.96. The Kier molecular flexibility index (Phi) is 3.39. The van der Waals surface area contributed by atoms with Crippen LogP contribution in [0.4, 0.5) is 5.82 Å². The molecule has 0 saturated carbocycles. The molecule has 1 saturated heterocycles. The molecule has 1 fully saturated rings. The summed E-state index contributed by atoms with van der Waals surface area (Å²) in [6.07, 6.45) is 7.33. The molecule has 0 radical (unpaired) electrons. The molecule has 0 amide bonds. The third-order valence-corrected chi connectivity index (χ3v) is 5.39. The fourth-order valence-electron chi connectivity index (χ4n) is 4.04. The van der Waals surface area contributed by atoms with Gasteiger partial charge in [0.2, 0.25) is 0 Å². The van der Waals surface area contributed by atoms with Gasteiger partial charge < -0.3 is 4.90 Å². The molecule has 25 heavy (non-hydrogen) atoms. The fraction of sp³-hybridized carbons (Fsp3) is 0.500. The van der Waals surface area contributed by atoms with Crippen molar-refractivity contribution in [1.29, 1.82) is 0 Å². The molecule has 1 aliphatic heterocycles. The van der Waals surface area contributed by atoms with E-state index in [0.717, 1.165) is 61.9 Å². The van der Waals surface area contributed by atoms with E-state index in [0.29, 0.717) is 5.92 Å². The first-order valence-corrected chi connectivity index (χ1v) is 9.06. The van der Waals surface area contributed by atoms with Gasteiger partial charge in [-0.25, -0.2) is 9.97 Å². The SMILES string of the molecule is Cc1nccc(N2CCC(c3nnc4cc5c(nn34)CCC5)CC2)n1. The zero-order valence-corrected chi connectivity index (χ0v) is 14.4. The van der Waals surface area contributed by atoms with Crippen LogP contribution < -0.4 is 4.90 Å². The van der Waals surface area contributed by atoms with E-state index in [4.69, 9.17) is 5.10 Å². The van der Waals surface area contributed by atoms with Crippen LogP contribution in [0.25, 0.3) is 5.65 Å². The number of nitrogens with zero attached hydrogens (tertiary/aromatic N) is 7. The van der Waals surface area contributed by atoms with Crippen LogP contribution >= 0.6 is 0 Å². The van der Waals surface area contributed by atoms with Gasteiger partial charge in [-0.2, -0.15) is 9.61 Å². The molecular weight excluding hydrogens is 314 g/mol. The van der Waals surface area contributed by atoms with Crippen LogP contribution in [0.1, 0.15) is 48.1 Å². The molecule has 0 bridgehead atoms. The van der Waals surface area contributed by atoms with Gasteiger partial charge in [-0.1, -0.05) is 0 Å². The topological polar surface area (TPSA) is 72.1 Å². The van der Waals surface area contributed by atoms with Crippen LogP contribution in [-0.2, 0) is 12.8 Å². The summed E-state index contributed by atoms with van der Waals surface area (Å²) in [5, 5.41) is 13.7. The van der Waals surface area contributed by atoms with Crippen LogP contribution in [0.2, 0.25) is 0 Å². The Morgan fingerprint density at radius 2 is 2.00 bits per heavy atom. The molecule has 3 aromatic rings. The third-order valence-electron chi connectivity index (χ3n) is 5.39. The number of anilines is 1. The van der Waals surface area contributed by atoms with Crippen molar-refractivity contribution in [1.82, 2.24) is 29.8 Å². The normalized spacial score (nSPS) is 18.0. The second-order valence-corrected chi connectivity index (χ2v) is 7.02. The molecule has 5 rings (SSSR count). The van der Waals surface area contributed by atoms with Crippen molar-refractivity contribution < 1.29 is 0 Å². The van der Waals surface area contributed by atoms with E-state index in [-0.39, 0.29) is 0 Å². The molecule has 3 aromatic heterocycles. The van der Waals surface area contributed by atoms with E-state index in [1.54, 1.807) is 0 Å². The van der Waals surface area contributed by atoms with Crippen LogP contribution in [0, 0.1) is 6.92 Å². The molecule has 0 unspecified atom stereocenters. The van der Waals surface area contributed by atoms with Crippen molar-refractivity contribution >= 4 is 11.5 Å². The minimum atomic E-state index is 0.404. The van der Waals surface area contributed by atoms with E-state index >= 15 is 0 Å². The summed E-state index contributed by atoms with van der Waals surface area (Å²) in [5.74, 6) is 3.26. The van der Waals surface area contributed by atoms with Crippen molar-refractivity contribution in [2.24, 2.45) is 0 Å². The Bertz CT molecular complexity index is 924. The van der Waals surface area contributed by atoms with Gasteiger partial charge in [0.1, 0.15) is 11.6 Å². The van der Waals surface area contributed by atoms with Crippen molar-refractivity contribution in [3.63, 3.8) is 0 Å². The molecule has 0 N–H and O–H groups in total. The maximum absolute atomic E-state index is 4.84. The Morgan fingerprint density at radius 1 is 1.12 bits per heavy atom. The minimum absolute atomic E-state index is 0.404. The quantitative estimate of drug-likeness (QED) is 0.714. The number of hydrogen-bond acceptors (Lipinski definition) is 6. The average molecular weight is 335 g/mol. The average Bonchev–Trinajstić information content (AvgIpc) is 3.26. The molecule has 0 spiro atoms. The first-order valence-electron chi connectivity index (χ1n) is 9.06. The number of rotatable bonds is 2. The summed E-state index contributed by atoms with van der Waals surface area (Å²) in [4.78, 5) is 11.1. The zero-order chi connectivity index (χ0) is 16.8. The summed E-state index contributed by atoms with van der Waals surface area (Å²) < 4.78 is 1.99. The Hall–Kier alpha value is -2.57. The lowest BCUT2D eigenvalue weighted by Gasteiger charge is -2.31. The number of piperidine rings is 1. The molecule has 4 heterocycles. The first-order chi connectivity index (χ1) is 12.3. The molecular formula is C18H21N7. The molecule has 1 aliphatic carbocycles. The smallest absolute Gasteiger partial charge is 0.178 e. The minimum Gasteiger partial charge on any atom is -0.356 e. The maximum Gasteiger partial charge on any atom is 0.178 e. The van der Waals surface area contributed by atoms with E-state index < -0.39 is 0 Å². The highest BCUT2D eigenvalue weighted by atomic mass is 15.4. The first kappa shape index (κ1) is 14.7. The van der Waals surface area contributed by atoms with E-state index in [1.807, 2.05) is 23.7 Å². The Morgan fingerprint density at radius 3 is 2.84 bits per heavy atom. The lowest BCUT2D eigenvalue weighted by molar-refractivity contribution is 0.474. The van der Waals surface area contributed by atoms with Gasteiger partial charge in [0.15, 0.2) is 11.5 Å². The van der Waals surface area contributed by atoms with E-state index in [9.17, 15) is 0 Å². The Balaban J connectivity index is 1.38. The number of hydrogen-bond donors (Lipinski definition) is 0. The fourth-order valence-corrected chi connectivity index (χ4v) is 4.04. The Labute approximate surface area is 146 Å². The summed E-state index contributed by atoms with van der Waals surface area (Å²) in [6, 6.07) is 4.16. The molecule has 0 atom stereocenters. The van der Waals surface area contributed by atoms with Crippen LogP contribution in [0.15, 0.2) is 18.3 Å². The maximum atomic E-state index is 4.84. The van der Waals surface area contributed by atoms with Gasteiger partial charge in [-0.15, -0.1) is 10.2 Å². The van der Waals surface area contributed by atoms with E-state index in [2.05, 4.69) is 31.1 Å². The van der Waals surface area contributed by atoms with Gasteiger partial charge in [0, 0.05) is 25.2 Å². The number of aromatic nitrogens is 6. The van der Waals surface area contributed by atoms with Gasteiger partial charge >= 0.3 is 0 Å². The summed E-state index contributed by atoms with van der Waals surface area (Å²) in [6.45, 7) is 3.88. The van der Waals surface area contributed by atoms with Crippen molar-refractivity contribution in [2.75, 3.05) is 18.0 Å². The highest BCUT2D eigenvalue weighted by Crippen LogP contribution is 2.30. The summed E-state index contributed by atoms with van der Waals surface area (Å²) >= 11 is 0. The second kappa shape index (κ2) is 5.75. The van der Waals surface area contributed by atoms with Crippen molar-refractivity contribution in [2.45, 2.75) is 44.9 Å². The van der Waals surface area contributed by atoms with Gasteiger partial charge in [0.05, 0.1) is 5.69 Å².